The van der Waals surface area contributed by atoms with Crippen LogP contribution in [0.15, 0.2) is 0 Å². The Hall–Kier alpha value is -0.710. The first-order valence-electron chi connectivity index (χ1n) is 7.06. The van der Waals surface area contributed by atoms with Crippen LogP contribution in [0, 0.1) is 19.8 Å². The molecule has 2 heterocycles. The van der Waals surface area contributed by atoms with Crippen LogP contribution in [-0.4, -0.2) is 28.0 Å². The molecule has 0 spiro atoms. The number of fused-ring (bicyclic) bond motifs is 1. The number of aryl methyl sites for hydroxylation is 2. The fourth-order valence-corrected chi connectivity index (χ4v) is 3.77. The molecule has 0 saturated heterocycles. The summed E-state index contributed by atoms with van der Waals surface area (Å²) >= 11 is 8.05. The molecule has 0 unspecified atom stereocenters. The van der Waals surface area contributed by atoms with Crippen LogP contribution in [0.25, 0.3) is 10.2 Å². The van der Waals surface area contributed by atoms with Gasteiger partial charge in [0.05, 0.1) is 11.9 Å². The van der Waals surface area contributed by atoms with Crippen molar-refractivity contribution in [2.75, 3.05) is 13.1 Å². The summed E-state index contributed by atoms with van der Waals surface area (Å²) in [6.45, 7) is 13.6. The minimum Gasteiger partial charge on any atom is -0.296 e. The van der Waals surface area contributed by atoms with E-state index in [1.165, 1.54) is 10.4 Å². The second kappa shape index (κ2) is 6.37. The predicted octanol–water partition coefficient (Wildman–Crippen LogP) is 4.44. The van der Waals surface area contributed by atoms with Gasteiger partial charge in [-0.15, -0.1) is 11.3 Å². The minimum atomic E-state index is 0.590. The lowest BCUT2D eigenvalue weighted by Crippen LogP contribution is -2.28. The van der Waals surface area contributed by atoms with E-state index in [2.05, 4.69) is 44.5 Å². The van der Waals surface area contributed by atoms with Crippen molar-refractivity contribution in [3.8, 4) is 0 Å². The fraction of sp³-hybridized carbons (Fsp3) is 0.600. The van der Waals surface area contributed by atoms with Gasteiger partial charge in [0.1, 0.15) is 15.8 Å². The van der Waals surface area contributed by atoms with Crippen LogP contribution in [-0.2, 0) is 6.54 Å². The first kappa shape index (κ1) is 15.7. The summed E-state index contributed by atoms with van der Waals surface area (Å²) in [6.07, 6.45) is 0. The Labute approximate surface area is 130 Å². The summed E-state index contributed by atoms with van der Waals surface area (Å²) < 4.78 is 0. The summed E-state index contributed by atoms with van der Waals surface area (Å²) in [7, 11) is 0. The van der Waals surface area contributed by atoms with Gasteiger partial charge in [-0.1, -0.05) is 32.4 Å². The van der Waals surface area contributed by atoms with Crippen LogP contribution in [0.3, 0.4) is 0 Å². The largest absolute Gasteiger partial charge is 0.296 e. The van der Waals surface area contributed by atoms with Gasteiger partial charge in [-0.2, -0.15) is 0 Å². The van der Waals surface area contributed by atoms with Crippen molar-refractivity contribution in [2.24, 2.45) is 5.92 Å². The molecule has 0 N–H and O–H groups in total. The van der Waals surface area contributed by atoms with E-state index in [1.807, 2.05) is 0 Å². The van der Waals surface area contributed by atoms with E-state index in [0.717, 1.165) is 35.7 Å². The maximum absolute atomic E-state index is 6.35. The third-order valence-corrected chi connectivity index (χ3v) is 4.84. The Morgan fingerprint density at radius 1 is 1.25 bits per heavy atom. The Balaban J connectivity index is 2.31. The summed E-state index contributed by atoms with van der Waals surface area (Å²) in [4.78, 5) is 13.8. The zero-order valence-corrected chi connectivity index (χ0v) is 14.4. The number of halogens is 1. The third kappa shape index (κ3) is 3.30. The zero-order valence-electron chi connectivity index (χ0n) is 12.8. The second-order valence-electron chi connectivity index (χ2n) is 5.62. The molecule has 2 aromatic rings. The van der Waals surface area contributed by atoms with E-state index in [4.69, 9.17) is 16.6 Å². The molecule has 0 aliphatic heterocycles. The zero-order chi connectivity index (χ0) is 14.9. The van der Waals surface area contributed by atoms with Crippen LogP contribution in [0.5, 0.6) is 0 Å². The smallest absolute Gasteiger partial charge is 0.145 e. The number of aromatic nitrogens is 2. The average molecular weight is 312 g/mol. The van der Waals surface area contributed by atoms with Gasteiger partial charge in [0.2, 0.25) is 0 Å². The first-order chi connectivity index (χ1) is 9.42. The first-order valence-corrected chi connectivity index (χ1v) is 8.26. The Morgan fingerprint density at radius 2 is 1.95 bits per heavy atom. The van der Waals surface area contributed by atoms with Gasteiger partial charge in [0, 0.05) is 11.4 Å². The maximum atomic E-state index is 6.35. The van der Waals surface area contributed by atoms with Gasteiger partial charge in [-0.3, -0.25) is 4.90 Å². The summed E-state index contributed by atoms with van der Waals surface area (Å²) in [5.41, 5.74) is 1.20. The summed E-state index contributed by atoms with van der Waals surface area (Å²) in [6, 6.07) is 0. The molecular formula is C15H22ClN3S. The van der Waals surface area contributed by atoms with Crippen molar-refractivity contribution in [3.63, 3.8) is 0 Å². The Kier molecular flexibility index (Phi) is 4.99. The lowest BCUT2D eigenvalue weighted by molar-refractivity contribution is 0.243. The molecule has 0 bridgehead atoms. The normalized spacial score (nSPS) is 12.0. The highest BCUT2D eigenvalue weighted by Gasteiger charge is 2.15. The van der Waals surface area contributed by atoms with E-state index in [1.54, 1.807) is 11.3 Å². The van der Waals surface area contributed by atoms with Crippen LogP contribution in [0.2, 0.25) is 5.15 Å². The highest BCUT2D eigenvalue weighted by Crippen LogP contribution is 2.33. The molecule has 2 aromatic heterocycles. The number of hydrogen-bond acceptors (Lipinski definition) is 4. The molecule has 0 amide bonds. The van der Waals surface area contributed by atoms with E-state index >= 15 is 0 Å². The van der Waals surface area contributed by atoms with Crippen LogP contribution >= 0.6 is 22.9 Å². The number of rotatable bonds is 5. The highest BCUT2D eigenvalue weighted by molar-refractivity contribution is 7.18. The van der Waals surface area contributed by atoms with E-state index in [-0.39, 0.29) is 0 Å². The Bertz CT molecular complexity index is 607. The van der Waals surface area contributed by atoms with Gasteiger partial charge in [-0.25, -0.2) is 9.97 Å². The molecule has 0 atom stereocenters. The van der Waals surface area contributed by atoms with Crippen molar-refractivity contribution in [1.29, 1.82) is 0 Å². The van der Waals surface area contributed by atoms with Crippen molar-refractivity contribution in [2.45, 2.75) is 41.2 Å². The quantitative estimate of drug-likeness (QED) is 0.764. The highest BCUT2D eigenvalue weighted by atomic mass is 35.5. The van der Waals surface area contributed by atoms with Crippen LogP contribution in [0.4, 0.5) is 0 Å². The molecule has 0 radical (unpaired) electrons. The third-order valence-electron chi connectivity index (χ3n) is 3.47. The molecule has 3 nitrogen and oxygen atoms in total. The monoisotopic (exact) mass is 311 g/mol. The SMILES string of the molecule is CCN(Cc1nc(Cl)c2c(C)c(C)sc2n1)CC(C)C. The van der Waals surface area contributed by atoms with Gasteiger partial charge >= 0.3 is 0 Å². The van der Waals surface area contributed by atoms with Crippen molar-refractivity contribution >= 4 is 33.2 Å². The minimum absolute atomic E-state index is 0.590. The second-order valence-corrected chi connectivity index (χ2v) is 7.18. The maximum Gasteiger partial charge on any atom is 0.145 e. The molecule has 110 valence electrons. The van der Waals surface area contributed by atoms with E-state index in [9.17, 15) is 0 Å². The van der Waals surface area contributed by atoms with Crippen LogP contribution in [0.1, 0.15) is 37.0 Å². The van der Waals surface area contributed by atoms with Crippen LogP contribution < -0.4 is 0 Å². The lowest BCUT2D eigenvalue weighted by atomic mass is 10.2. The Morgan fingerprint density at radius 3 is 2.55 bits per heavy atom. The van der Waals surface area contributed by atoms with Crippen molar-refractivity contribution in [1.82, 2.24) is 14.9 Å². The standard InChI is InChI=1S/C15H22ClN3S/c1-6-19(7-9(2)3)8-12-17-14(16)13-10(4)11(5)20-15(13)18-12/h9H,6-8H2,1-5H3. The number of nitrogens with zero attached hydrogens (tertiary/aromatic N) is 3. The van der Waals surface area contributed by atoms with Gasteiger partial charge in [0.15, 0.2) is 0 Å². The average Bonchev–Trinajstić information content (AvgIpc) is 2.63. The van der Waals surface area contributed by atoms with Gasteiger partial charge in [0.25, 0.3) is 0 Å². The van der Waals surface area contributed by atoms with Gasteiger partial charge < -0.3 is 0 Å². The molecule has 20 heavy (non-hydrogen) atoms. The molecule has 2 rings (SSSR count). The predicted molar refractivity (Wildman–Crippen MR) is 87.7 cm³/mol. The molecule has 0 aliphatic carbocycles. The fourth-order valence-electron chi connectivity index (χ4n) is 2.33. The number of thiophene rings is 1. The molecule has 0 fully saturated rings. The van der Waals surface area contributed by atoms with Gasteiger partial charge in [-0.05, 0) is 31.9 Å². The molecular weight excluding hydrogens is 290 g/mol. The molecule has 5 heteroatoms. The topological polar surface area (TPSA) is 29.0 Å². The summed E-state index contributed by atoms with van der Waals surface area (Å²) in [5.74, 6) is 1.46. The lowest BCUT2D eigenvalue weighted by Gasteiger charge is -2.21. The molecule has 0 saturated carbocycles. The summed E-state index contributed by atoms with van der Waals surface area (Å²) in [5, 5.41) is 1.61. The van der Waals surface area contributed by atoms with E-state index < -0.39 is 0 Å². The number of hydrogen-bond donors (Lipinski definition) is 0. The molecule has 0 aliphatic rings. The van der Waals surface area contributed by atoms with Crippen molar-refractivity contribution < 1.29 is 0 Å². The van der Waals surface area contributed by atoms with Crippen molar-refractivity contribution in [3.05, 3.63) is 21.4 Å². The molecule has 0 aromatic carbocycles. The van der Waals surface area contributed by atoms with E-state index in [0.29, 0.717) is 11.1 Å².